The number of aliphatic hydroxyl groups excluding tert-OH is 2. The number of carbonyl (C=O) groups is 1. The highest BCUT2D eigenvalue weighted by atomic mass is 16.7. The molecular weight excluding hydrogens is 238 g/mol. The molecule has 2 N–H and O–H groups in total. The zero-order valence-corrected chi connectivity index (χ0v) is 9.78. The van der Waals surface area contributed by atoms with Crippen molar-refractivity contribution < 1.29 is 24.5 Å². The van der Waals surface area contributed by atoms with Crippen LogP contribution in [0.3, 0.4) is 0 Å². The highest BCUT2D eigenvalue weighted by Crippen LogP contribution is 2.34. The first kappa shape index (κ1) is 11.9. The van der Waals surface area contributed by atoms with E-state index in [2.05, 4.69) is 0 Å². The Labute approximate surface area is 104 Å². The van der Waals surface area contributed by atoms with Crippen molar-refractivity contribution in [2.24, 2.45) is 0 Å². The molecule has 3 atom stereocenters. The lowest BCUT2D eigenvalue weighted by molar-refractivity contribution is -0.310. The van der Waals surface area contributed by atoms with E-state index in [1.165, 1.54) is 0 Å². The Bertz CT molecular complexity index is 471. The van der Waals surface area contributed by atoms with E-state index in [1.54, 1.807) is 6.07 Å². The van der Waals surface area contributed by atoms with Crippen molar-refractivity contribution in [1.82, 2.24) is 4.57 Å². The van der Waals surface area contributed by atoms with Gasteiger partial charge in [0.25, 0.3) is 0 Å². The summed E-state index contributed by atoms with van der Waals surface area (Å²) in [6, 6.07) is 3.57. The van der Waals surface area contributed by atoms with Crippen LogP contribution in [0.4, 0.5) is 0 Å². The van der Waals surface area contributed by atoms with Crippen LogP contribution in [0.2, 0.25) is 0 Å². The average Bonchev–Trinajstić information content (AvgIpc) is 2.76. The fraction of sp³-hybridized carbons (Fsp3) is 0.583. The normalized spacial score (nSPS) is 35.4. The predicted molar refractivity (Wildman–Crippen MR) is 59.9 cm³/mol. The van der Waals surface area contributed by atoms with Gasteiger partial charge in [0.15, 0.2) is 12.1 Å². The van der Waals surface area contributed by atoms with Crippen molar-refractivity contribution in [2.75, 3.05) is 6.61 Å². The van der Waals surface area contributed by atoms with Gasteiger partial charge in [-0.05, 0) is 12.1 Å². The second-order valence-corrected chi connectivity index (χ2v) is 4.80. The summed E-state index contributed by atoms with van der Waals surface area (Å²) in [7, 11) is 0. The third kappa shape index (κ3) is 1.78. The molecule has 0 radical (unpaired) electrons. The predicted octanol–water partition coefficient (Wildman–Crippen LogP) is -0.331. The van der Waals surface area contributed by atoms with E-state index in [9.17, 15) is 15.0 Å². The van der Waals surface area contributed by atoms with E-state index >= 15 is 0 Å². The first-order valence-electron chi connectivity index (χ1n) is 5.91. The first-order valence-corrected chi connectivity index (χ1v) is 5.91. The van der Waals surface area contributed by atoms with E-state index in [4.69, 9.17) is 9.47 Å². The smallest absolute Gasteiger partial charge is 0.189 e. The third-order valence-corrected chi connectivity index (χ3v) is 3.59. The van der Waals surface area contributed by atoms with Gasteiger partial charge in [0, 0.05) is 12.1 Å². The molecule has 3 heterocycles. The number of hydrogen-bond acceptors (Lipinski definition) is 5. The van der Waals surface area contributed by atoms with Gasteiger partial charge in [-0.1, -0.05) is 0 Å². The molecule has 1 aromatic heterocycles. The number of aliphatic hydroxyl groups is 2. The number of ether oxygens (including phenoxy) is 2. The standard InChI is InChI=1S/C12H15NO5/c14-4-8-1-2-9-5-17-12(7-13(8)9)3-10(15)11(16)6-18-12/h1-2,4,10-11,15-16H,3,5-7H2/t10-,11-,12+/m1/s1. The van der Waals surface area contributed by atoms with Crippen molar-refractivity contribution >= 4 is 6.29 Å². The van der Waals surface area contributed by atoms with Gasteiger partial charge in [0.2, 0.25) is 0 Å². The molecule has 0 saturated carbocycles. The van der Waals surface area contributed by atoms with Crippen molar-refractivity contribution in [3.05, 3.63) is 23.5 Å². The first-order chi connectivity index (χ1) is 8.63. The minimum atomic E-state index is -0.942. The van der Waals surface area contributed by atoms with Gasteiger partial charge in [-0.25, -0.2) is 0 Å². The fourth-order valence-corrected chi connectivity index (χ4v) is 2.51. The lowest BCUT2D eigenvalue weighted by atomic mass is 9.99. The summed E-state index contributed by atoms with van der Waals surface area (Å²) in [6.45, 7) is 0.720. The Morgan fingerprint density at radius 1 is 1.33 bits per heavy atom. The molecule has 1 aromatic rings. The summed E-state index contributed by atoms with van der Waals surface area (Å²) in [5.41, 5.74) is 1.48. The topological polar surface area (TPSA) is 80.9 Å². The second-order valence-electron chi connectivity index (χ2n) is 4.80. The molecule has 1 saturated heterocycles. The monoisotopic (exact) mass is 253 g/mol. The van der Waals surface area contributed by atoms with Crippen molar-refractivity contribution in [2.45, 2.75) is 37.6 Å². The van der Waals surface area contributed by atoms with E-state index < -0.39 is 18.0 Å². The SMILES string of the molecule is O=Cc1ccc2n1C[C@@]1(C[C@@H](O)[C@H](O)CO1)OC2. The van der Waals surface area contributed by atoms with Gasteiger partial charge >= 0.3 is 0 Å². The number of carbonyl (C=O) groups excluding carboxylic acids is 1. The van der Waals surface area contributed by atoms with Crippen LogP contribution in [0.15, 0.2) is 12.1 Å². The Hall–Kier alpha value is -1.21. The summed E-state index contributed by atoms with van der Waals surface area (Å²) in [5.74, 6) is -0.942. The van der Waals surface area contributed by atoms with Crippen molar-refractivity contribution in [3.63, 3.8) is 0 Å². The average molecular weight is 253 g/mol. The van der Waals surface area contributed by atoms with Crippen LogP contribution in [-0.2, 0) is 22.6 Å². The lowest BCUT2D eigenvalue weighted by Gasteiger charge is -2.43. The fourth-order valence-electron chi connectivity index (χ4n) is 2.51. The maximum absolute atomic E-state index is 10.9. The Morgan fingerprint density at radius 2 is 2.17 bits per heavy atom. The van der Waals surface area contributed by atoms with Gasteiger partial charge < -0.3 is 24.3 Å². The van der Waals surface area contributed by atoms with Crippen LogP contribution in [0, 0.1) is 0 Å². The molecule has 1 fully saturated rings. The van der Waals surface area contributed by atoms with Gasteiger partial charge in [0.05, 0.1) is 31.6 Å². The lowest BCUT2D eigenvalue weighted by Crippen LogP contribution is -2.54. The molecule has 98 valence electrons. The minimum absolute atomic E-state index is 0.0359. The summed E-state index contributed by atoms with van der Waals surface area (Å²) >= 11 is 0. The Morgan fingerprint density at radius 3 is 2.89 bits per heavy atom. The van der Waals surface area contributed by atoms with Crippen LogP contribution in [0.5, 0.6) is 0 Å². The quantitative estimate of drug-likeness (QED) is 0.670. The number of nitrogens with zero attached hydrogens (tertiary/aromatic N) is 1. The third-order valence-electron chi connectivity index (χ3n) is 3.59. The molecule has 0 unspecified atom stereocenters. The molecule has 1 spiro atoms. The second kappa shape index (κ2) is 4.17. The number of fused-ring (bicyclic) bond motifs is 1. The summed E-state index contributed by atoms with van der Waals surface area (Å²) in [6.07, 6.45) is -0.757. The summed E-state index contributed by atoms with van der Waals surface area (Å²) in [4.78, 5) is 10.9. The molecule has 0 aliphatic carbocycles. The maximum atomic E-state index is 10.9. The molecule has 6 heteroatoms. The largest absolute Gasteiger partial charge is 0.390 e. The van der Waals surface area contributed by atoms with Crippen LogP contribution >= 0.6 is 0 Å². The molecule has 18 heavy (non-hydrogen) atoms. The van der Waals surface area contributed by atoms with Crippen LogP contribution in [-0.4, -0.2) is 45.7 Å². The van der Waals surface area contributed by atoms with Crippen molar-refractivity contribution in [1.29, 1.82) is 0 Å². The molecule has 0 bridgehead atoms. The minimum Gasteiger partial charge on any atom is -0.390 e. The molecular formula is C12H15NO5. The number of aldehydes is 1. The van der Waals surface area contributed by atoms with Gasteiger partial charge in [-0.15, -0.1) is 0 Å². The van der Waals surface area contributed by atoms with Crippen LogP contribution in [0.25, 0.3) is 0 Å². The molecule has 3 rings (SSSR count). The van der Waals surface area contributed by atoms with Gasteiger partial charge in [0.1, 0.15) is 6.10 Å². The molecule has 6 nitrogen and oxygen atoms in total. The zero-order valence-electron chi connectivity index (χ0n) is 9.78. The maximum Gasteiger partial charge on any atom is 0.189 e. The van der Waals surface area contributed by atoms with Crippen LogP contribution < -0.4 is 0 Å². The highest BCUT2D eigenvalue weighted by Gasteiger charge is 2.44. The molecule has 0 aromatic carbocycles. The van der Waals surface area contributed by atoms with E-state index in [0.29, 0.717) is 18.8 Å². The molecule has 0 amide bonds. The van der Waals surface area contributed by atoms with E-state index in [-0.39, 0.29) is 13.0 Å². The number of aromatic nitrogens is 1. The number of rotatable bonds is 1. The molecule has 2 aliphatic heterocycles. The molecule has 2 aliphatic rings. The van der Waals surface area contributed by atoms with Crippen molar-refractivity contribution in [3.8, 4) is 0 Å². The van der Waals surface area contributed by atoms with E-state index in [0.717, 1.165) is 12.0 Å². The van der Waals surface area contributed by atoms with E-state index in [1.807, 2.05) is 10.6 Å². The number of hydrogen-bond donors (Lipinski definition) is 2. The Kier molecular flexibility index (Phi) is 2.74. The van der Waals surface area contributed by atoms with Gasteiger partial charge in [-0.3, -0.25) is 4.79 Å². The highest BCUT2D eigenvalue weighted by molar-refractivity contribution is 5.72. The van der Waals surface area contributed by atoms with Gasteiger partial charge in [-0.2, -0.15) is 0 Å². The zero-order chi connectivity index (χ0) is 12.8. The Balaban J connectivity index is 1.87. The summed E-state index contributed by atoms with van der Waals surface area (Å²) in [5, 5.41) is 19.2. The summed E-state index contributed by atoms with van der Waals surface area (Å²) < 4.78 is 13.1. The van der Waals surface area contributed by atoms with Crippen LogP contribution in [0.1, 0.15) is 22.6 Å².